The highest BCUT2D eigenvalue weighted by Gasteiger charge is 2.32. The standard InChI is InChI=1S/C14H26N4SSi/c1-20(2,3)11-19-14-16-15-13(18(14)12-7-8-12)17-9-5-4-6-10-17/h12H,4-11H2,1-3H3. The van der Waals surface area contributed by atoms with Crippen LogP contribution in [0.4, 0.5) is 5.95 Å². The van der Waals surface area contributed by atoms with E-state index >= 15 is 0 Å². The van der Waals surface area contributed by atoms with Gasteiger partial charge < -0.3 is 4.90 Å². The molecule has 2 fully saturated rings. The lowest BCUT2D eigenvalue weighted by Gasteiger charge is -2.28. The predicted octanol–water partition coefficient (Wildman–Crippen LogP) is 3.57. The Morgan fingerprint density at radius 2 is 1.80 bits per heavy atom. The monoisotopic (exact) mass is 310 g/mol. The lowest BCUT2D eigenvalue weighted by molar-refractivity contribution is 0.548. The molecule has 4 nitrogen and oxygen atoms in total. The molecule has 6 heteroatoms. The summed E-state index contributed by atoms with van der Waals surface area (Å²) in [6.07, 6.45) is 6.58. The fraction of sp³-hybridized carbons (Fsp3) is 0.857. The molecule has 0 aromatic carbocycles. The molecule has 1 aliphatic heterocycles. The molecule has 0 spiro atoms. The molecule has 0 atom stereocenters. The van der Waals surface area contributed by atoms with Gasteiger partial charge in [0.15, 0.2) is 5.16 Å². The molecule has 0 radical (unpaired) electrons. The van der Waals surface area contributed by atoms with Gasteiger partial charge in [-0.15, -0.1) is 10.2 Å². The van der Waals surface area contributed by atoms with Gasteiger partial charge in [0, 0.05) is 19.1 Å². The van der Waals surface area contributed by atoms with E-state index in [2.05, 4.69) is 39.3 Å². The van der Waals surface area contributed by atoms with Crippen LogP contribution < -0.4 is 4.90 Å². The maximum absolute atomic E-state index is 4.54. The van der Waals surface area contributed by atoms with Crippen molar-refractivity contribution in [2.45, 2.75) is 62.9 Å². The third-order valence-electron chi connectivity index (χ3n) is 3.83. The topological polar surface area (TPSA) is 34.0 Å². The van der Waals surface area contributed by atoms with Crippen molar-refractivity contribution in [3.63, 3.8) is 0 Å². The zero-order valence-electron chi connectivity index (χ0n) is 12.9. The SMILES string of the molecule is C[Si](C)(C)CSc1nnc(N2CCCCC2)n1C1CC1. The first-order chi connectivity index (χ1) is 9.54. The summed E-state index contributed by atoms with van der Waals surface area (Å²) in [5.41, 5.74) is 0. The van der Waals surface area contributed by atoms with Crippen molar-refractivity contribution in [1.29, 1.82) is 0 Å². The van der Waals surface area contributed by atoms with Gasteiger partial charge in [-0.05, 0) is 37.5 Å². The third-order valence-corrected chi connectivity index (χ3v) is 8.41. The summed E-state index contributed by atoms with van der Waals surface area (Å²) < 4.78 is 2.44. The van der Waals surface area contributed by atoms with E-state index < -0.39 is 8.07 Å². The summed E-state index contributed by atoms with van der Waals surface area (Å²) >= 11 is 1.93. The number of hydrogen-bond acceptors (Lipinski definition) is 4. The van der Waals surface area contributed by atoms with Crippen LogP contribution in [0.5, 0.6) is 0 Å². The summed E-state index contributed by atoms with van der Waals surface area (Å²) in [7, 11) is -1.04. The number of anilines is 1. The van der Waals surface area contributed by atoms with Crippen molar-refractivity contribution in [1.82, 2.24) is 14.8 Å². The molecule has 2 heterocycles. The number of hydrogen-bond donors (Lipinski definition) is 0. The summed E-state index contributed by atoms with van der Waals surface area (Å²) in [5.74, 6) is 1.14. The Hall–Kier alpha value is -0.493. The first-order valence-corrected chi connectivity index (χ1v) is 12.6. The van der Waals surface area contributed by atoms with Crippen LogP contribution in [0.2, 0.25) is 19.6 Å². The fourth-order valence-corrected chi connectivity index (χ4v) is 5.33. The number of nitrogens with zero attached hydrogens (tertiary/aromatic N) is 4. The Morgan fingerprint density at radius 3 is 2.40 bits per heavy atom. The molecular weight excluding hydrogens is 284 g/mol. The first kappa shape index (κ1) is 14.4. The Kier molecular flexibility index (Phi) is 4.13. The molecule has 1 saturated carbocycles. The molecule has 1 saturated heterocycles. The lowest BCUT2D eigenvalue weighted by Crippen LogP contribution is -2.32. The van der Waals surface area contributed by atoms with Gasteiger partial charge in [0.2, 0.25) is 5.95 Å². The van der Waals surface area contributed by atoms with Crippen LogP contribution in [0.15, 0.2) is 5.16 Å². The smallest absolute Gasteiger partial charge is 0.228 e. The number of piperidine rings is 1. The van der Waals surface area contributed by atoms with Gasteiger partial charge in [-0.1, -0.05) is 31.4 Å². The quantitative estimate of drug-likeness (QED) is 0.615. The zero-order chi connectivity index (χ0) is 14.2. The van der Waals surface area contributed by atoms with E-state index in [1.165, 1.54) is 37.5 Å². The van der Waals surface area contributed by atoms with E-state index in [1.54, 1.807) is 0 Å². The van der Waals surface area contributed by atoms with Gasteiger partial charge >= 0.3 is 0 Å². The molecule has 0 amide bonds. The average molecular weight is 311 g/mol. The molecule has 2 aliphatic rings. The van der Waals surface area contributed by atoms with Crippen molar-refractivity contribution in [2.75, 3.05) is 23.4 Å². The van der Waals surface area contributed by atoms with Crippen molar-refractivity contribution in [3.05, 3.63) is 0 Å². The molecule has 0 bridgehead atoms. The highest BCUT2D eigenvalue weighted by Crippen LogP contribution is 2.41. The van der Waals surface area contributed by atoms with Gasteiger partial charge in [0.05, 0.1) is 8.07 Å². The summed E-state index contributed by atoms with van der Waals surface area (Å²) in [4.78, 5) is 2.45. The van der Waals surface area contributed by atoms with Gasteiger partial charge in [0.1, 0.15) is 0 Å². The van der Waals surface area contributed by atoms with Crippen LogP contribution in [-0.4, -0.2) is 41.3 Å². The second-order valence-corrected chi connectivity index (χ2v) is 14.2. The first-order valence-electron chi connectivity index (χ1n) is 7.87. The second kappa shape index (κ2) is 5.71. The minimum Gasteiger partial charge on any atom is -0.341 e. The maximum atomic E-state index is 4.54. The van der Waals surface area contributed by atoms with Crippen molar-refractivity contribution in [2.24, 2.45) is 0 Å². The largest absolute Gasteiger partial charge is 0.341 e. The molecule has 0 unspecified atom stereocenters. The third kappa shape index (κ3) is 3.39. The average Bonchev–Trinajstić information content (AvgIpc) is 3.16. The predicted molar refractivity (Wildman–Crippen MR) is 88.4 cm³/mol. The normalized spacial score (nSPS) is 20.4. The van der Waals surface area contributed by atoms with Gasteiger partial charge in [-0.3, -0.25) is 4.57 Å². The lowest BCUT2D eigenvalue weighted by atomic mass is 10.1. The Labute approximate surface area is 127 Å². The minimum atomic E-state index is -1.04. The minimum absolute atomic E-state index is 0.672. The molecule has 0 N–H and O–H groups in total. The molecule has 112 valence electrons. The van der Waals surface area contributed by atoms with Crippen molar-refractivity contribution in [3.8, 4) is 0 Å². The number of aromatic nitrogens is 3. The fourth-order valence-electron chi connectivity index (χ4n) is 2.61. The van der Waals surface area contributed by atoms with Crippen LogP contribution in [-0.2, 0) is 0 Å². The van der Waals surface area contributed by atoms with Gasteiger partial charge in [0.25, 0.3) is 0 Å². The molecule has 1 aliphatic carbocycles. The summed E-state index contributed by atoms with van der Waals surface area (Å²) in [6, 6.07) is 0.672. The van der Waals surface area contributed by atoms with Crippen LogP contribution in [0.3, 0.4) is 0 Å². The highest BCUT2D eigenvalue weighted by atomic mass is 32.2. The van der Waals surface area contributed by atoms with E-state index in [-0.39, 0.29) is 0 Å². The number of thioether (sulfide) groups is 1. The van der Waals surface area contributed by atoms with Crippen LogP contribution in [0, 0.1) is 0 Å². The Bertz CT molecular complexity index is 458. The van der Waals surface area contributed by atoms with Crippen LogP contribution in [0.1, 0.15) is 38.1 Å². The van der Waals surface area contributed by atoms with E-state index in [9.17, 15) is 0 Å². The molecule has 20 heavy (non-hydrogen) atoms. The van der Waals surface area contributed by atoms with Crippen LogP contribution in [0.25, 0.3) is 0 Å². The zero-order valence-corrected chi connectivity index (χ0v) is 14.7. The van der Waals surface area contributed by atoms with Gasteiger partial charge in [-0.2, -0.15) is 0 Å². The molecule has 1 aromatic rings. The van der Waals surface area contributed by atoms with Crippen LogP contribution >= 0.6 is 11.8 Å². The molecule has 3 rings (SSSR count). The van der Waals surface area contributed by atoms with Crippen molar-refractivity contribution < 1.29 is 0 Å². The highest BCUT2D eigenvalue weighted by molar-refractivity contribution is 8.00. The molecule has 1 aromatic heterocycles. The van der Waals surface area contributed by atoms with Crippen molar-refractivity contribution >= 4 is 25.8 Å². The van der Waals surface area contributed by atoms with E-state index in [0.29, 0.717) is 6.04 Å². The molecular formula is C14H26N4SSi. The maximum Gasteiger partial charge on any atom is 0.228 e. The van der Waals surface area contributed by atoms with E-state index in [0.717, 1.165) is 24.2 Å². The Balaban J connectivity index is 1.78. The summed E-state index contributed by atoms with van der Waals surface area (Å²) in [6.45, 7) is 9.57. The van der Waals surface area contributed by atoms with E-state index in [1.807, 2.05) is 11.8 Å². The number of rotatable bonds is 5. The van der Waals surface area contributed by atoms with E-state index in [4.69, 9.17) is 0 Å². The Morgan fingerprint density at radius 1 is 1.10 bits per heavy atom. The second-order valence-electron chi connectivity index (χ2n) is 7.28. The van der Waals surface area contributed by atoms with Gasteiger partial charge in [-0.25, -0.2) is 0 Å². The summed E-state index contributed by atoms with van der Waals surface area (Å²) in [5, 5.41) is 11.4.